The number of hydrogen-bond acceptors (Lipinski definition) is 8. The first-order chi connectivity index (χ1) is 13.9. The number of carbonyl (C=O) groups is 4. The Hall–Kier alpha value is -2.79. The molecule has 1 aromatic carbocycles. The molecule has 11 heteroatoms. The fourth-order valence-electron chi connectivity index (χ4n) is 2.55. The van der Waals surface area contributed by atoms with Gasteiger partial charge in [-0.15, -0.1) is 0 Å². The second-order valence-electron chi connectivity index (χ2n) is 5.96. The molecule has 3 rings (SSSR count). The molecule has 0 saturated heterocycles. The van der Waals surface area contributed by atoms with E-state index in [0.29, 0.717) is 22.6 Å². The van der Waals surface area contributed by atoms with Crippen LogP contribution in [-0.2, 0) is 19.1 Å². The van der Waals surface area contributed by atoms with Crippen LogP contribution in [0.4, 0.5) is 5.13 Å². The van der Waals surface area contributed by atoms with Crippen molar-refractivity contribution in [3.05, 3.63) is 23.8 Å². The van der Waals surface area contributed by atoms with Crippen LogP contribution in [0, 0.1) is 5.92 Å². The molecule has 1 unspecified atom stereocenters. The van der Waals surface area contributed by atoms with Crippen molar-refractivity contribution >= 4 is 67.3 Å². The van der Waals surface area contributed by atoms with Crippen molar-refractivity contribution in [2.45, 2.75) is 20.3 Å². The molecule has 0 radical (unpaired) electrons. The Kier molecular flexibility index (Phi) is 6.60. The third kappa shape index (κ3) is 4.98. The minimum atomic E-state index is -0.768. The number of aliphatic imine (C=N–C) groups is 1. The van der Waals surface area contributed by atoms with Gasteiger partial charge in [0.2, 0.25) is 11.8 Å². The highest BCUT2D eigenvalue weighted by atomic mass is 32.2. The second kappa shape index (κ2) is 9.14. The summed E-state index contributed by atoms with van der Waals surface area (Å²) in [6.45, 7) is 3.75. The van der Waals surface area contributed by atoms with Crippen LogP contribution in [0.3, 0.4) is 0 Å². The van der Waals surface area contributed by atoms with E-state index in [1.165, 1.54) is 11.3 Å². The second-order valence-corrected chi connectivity index (χ2v) is 7.96. The highest BCUT2D eigenvalue weighted by Crippen LogP contribution is 2.27. The Balaban J connectivity index is 1.61. The molecule has 1 atom stereocenters. The van der Waals surface area contributed by atoms with Gasteiger partial charge in [0.25, 0.3) is 5.91 Å². The van der Waals surface area contributed by atoms with Crippen molar-refractivity contribution in [2.75, 3.05) is 17.7 Å². The maximum atomic E-state index is 12.2. The van der Waals surface area contributed by atoms with Gasteiger partial charge in [-0.1, -0.05) is 30.0 Å². The molecule has 1 aliphatic rings. The van der Waals surface area contributed by atoms with E-state index in [2.05, 4.69) is 20.6 Å². The molecule has 3 amide bonds. The van der Waals surface area contributed by atoms with E-state index < -0.39 is 23.7 Å². The van der Waals surface area contributed by atoms with E-state index in [0.717, 1.165) is 16.5 Å². The number of amidine groups is 1. The fourth-order valence-corrected chi connectivity index (χ4v) is 4.14. The molecule has 9 nitrogen and oxygen atoms in total. The Labute approximate surface area is 174 Å². The lowest BCUT2D eigenvalue weighted by atomic mass is 10.0. The van der Waals surface area contributed by atoms with Gasteiger partial charge in [-0.2, -0.15) is 4.99 Å². The smallest absolute Gasteiger partial charge is 0.338 e. The third-order valence-electron chi connectivity index (χ3n) is 3.95. The highest BCUT2D eigenvalue weighted by Gasteiger charge is 2.30. The first-order valence-corrected chi connectivity index (χ1v) is 10.6. The van der Waals surface area contributed by atoms with Crippen LogP contribution in [0.25, 0.3) is 10.2 Å². The molecular weight excluding hydrogens is 416 g/mol. The van der Waals surface area contributed by atoms with Crippen molar-refractivity contribution in [2.24, 2.45) is 10.9 Å². The van der Waals surface area contributed by atoms with E-state index >= 15 is 0 Å². The van der Waals surface area contributed by atoms with Gasteiger partial charge in [0.1, 0.15) is 5.92 Å². The number of benzene rings is 1. The zero-order chi connectivity index (χ0) is 21.0. The largest absolute Gasteiger partial charge is 0.462 e. The lowest BCUT2D eigenvalue weighted by Gasteiger charge is -2.17. The number of thioether (sulfide) groups is 1. The van der Waals surface area contributed by atoms with Gasteiger partial charge in [-0.25, -0.2) is 9.78 Å². The average Bonchev–Trinajstić information content (AvgIpc) is 3.07. The third-order valence-corrected chi connectivity index (χ3v) is 5.76. The zero-order valence-electron chi connectivity index (χ0n) is 15.7. The summed E-state index contributed by atoms with van der Waals surface area (Å²) in [5.74, 6) is -2.49. The number of amides is 3. The summed E-state index contributed by atoms with van der Waals surface area (Å²) in [7, 11) is 0. The molecule has 0 aliphatic carbocycles. The van der Waals surface area contributed by atoms with Crippen LogP contribution in [-0.4, -0.2) is 46.2 Å². The van der Waals surface area contributed by atoms with Crippen molar-refractivity contribution in [3.8, 4) is 0 Å². The molecule has 1 aromatic heterocycles. The molecule has 2 N–H and O–H groups in total. The van der Waals surface area contributed by atoms with Crippen molar-refractivity contribution in [1.82, 2.24) is 10.3 Å². The molecule has 2 aromatic rings. The summed E-state index contributed by atoms with van der Waals surface area (Å²) in [5.41, 5.74) is 1.06. The average molecular weight is 434 g/mol. The van der Waals surface area contributed by atoms with E-state index in [1.54, 1.807) is 32.0 Å². The number of nitrogens with one attached hydrogen (secondary N) is 2. The SMILES string of the molecule is CCOC(=O)c1ccc2nc(NC(=O)CSC3=NC(=O)C(CC)C(=O)N3)sc2c1. The minimum absolute atomic E-state index is 0.0484. The van der Waals surface area contributed by atoms with Gasteiger partial charge < -0.3 is 15.4 Å². The Morgan fingerprint density at radius 2 is 2.10 bits per heavy atom. The van der Waals surface area contributed by atoms with Gasteiger partial charge in [-0.05, 0) is 31.5 Å². The number of aromatic nitrogens is 1. The van der Waals surface area contributed by atoms with E-state index in [1.807, 2.05) is 0 Å². The highest BCUT2D eigenvalue weighted by molar-refractivity contribution is 8.14. The molecule has 0 saturated carbocycles. The Morgan fingerprint density at radius 1 is 1.31 bits per heavy atom. The molecular formula is C18H18N4O5S2. The van der Waals surface area contributed by atoms with Crippen LogP contribution in [0.1, 0.15) is 30.6 Å². The van der Waals surface area contributed by atoms with Crippen molar-refractivity contribution in [1.29, 1.82) is 0 Å². The van der Waals surface area contributed by atoms with Gasteiger partial charge in [0.05, 0.1) is 28.1 Å². The number of anilines is 1. The number of hydrogen-bond donors (Lipinski definition) is 2. The number of nitrogens with zero attached hydrogens (tertiary/aromatic N) is 2. The normalized spacial score (nSPS) is 16.3. The summed E-state index contributed by atoms with van der Waals surface area (Å²) in [5, 5.41) is 5.69. The number of esters is 1. The number of thiazole rings is 1. The Morgan fingerprint density at radius 3 is 2.79 bits per heavy atom. The fraction of sp³-hybridized carbons (Fsp3) is 0.333. The van der Waals surface area contributed by atoms with Gasteiger partial charge in [0.15, 0.2) is 10.3 Å². The molecule has 29 heavy (non-hydrogen) atoms. The maximum absolute atomic E-state index is 12.2. The minimum Gasteiger partial charge on any atom is -0.462 e. The summed E-state index contributed by atoms with van der Waals surface area (Å²) < 4.78 is 5.71. The predicted molar refractivity (Wildman–Crippen MR) is 111 cm³/mol. The molecule has 2 heterocycles. The lowest BCUT2D eigenvalue weighted by Crippen LogP contribution is -2.42. The first kappa shape index (κ1) is 20.9. The molecule has 0 fully saturated rings. The van der Waals surface area contributed by atoms with Crippen LogP contribution in [0.5, 0.6) is 0 Å². The zero-order valence-corrected chi connectivity index (χ0v) is 17.3. The van der Waals surface area contributed by atoms with Gasteiger partial charge in [-0.3, -0.25) is 14.4 Å². The molecule has 1 aliphatic heterocycles. The number of ether oxygens (including phenoxy) is 1. The molecule has 0 bridgehead atoms. The molecule has 152 valence electrons. The number of fused-ring (bicyclic) bond motifs is 1. The Bertz CT molecular complexity index is 1020. The number of carbonyl (C=O) groups excluding carboxylic acids is 4. The maximum Gasteiger partial charge on any atom is 0.338 e. The van der Waals surface area contributed by atoms with E-state index in [4.69, 9.17) is 4.74 Å². The van der Waals surface area contributed by atoms with Crippen molar-refractivity contribution < 1.29 is 23.9 Å². The monoisotopic (exact) mass is 434 g/mol. The number of rotatable bonds is 6. The van der Waals surface area contributed by atoms with Crippen LogP contribution >= 0.6 is 23.1 Å². The lowest BCUT2D eigenvalue weighted by molar-refractivity contribution is -0.133. The topological polar surface area (TPSA) is 127 Å². The summed E-state index contributed by atoms with van der Waals surface area (Å²) in [6.07, 6.45) is 0.377. The van der Waals surface area contributed by atoms with Gasteiger partial charge in [0, 0.05) is 0 Å². The van der Waals surface area contributed by atoms with Crippen LogP contribution in [0.2, 0.25) is 0 Å². The van der Waals surface area contributed by atoms with Gasteiger partial charge >= 0.3 is 5.97 Å². The van der Waals surface area contributed by atoms with Crippen LogP contribution in [0.15, 0.2) is 23.2 Å². The van der Waals surface area contributed by atoms with Crippen molar-refractivity contribution in [3.63, 3.8) is 0 Å². The quantitative estimate of drug-likeness (QED) is 0.527. The predicted octanol–water partition coefficient (Wildman–Crippen LogP) is 2.18. The van der Waals surface area contributed by atoms with E-state index in [-0.39, 0.29) is 23.4 Å². The summed E-state index contributed by atoms with van der Waals surface area (Å²) in [4.78, 5) is 55.7. The first-order valence-electron chi connectivity index (χ1n) is 8.85. The van der Waals surface area contributed by atoms with E-state index in [9.17, 15) is 19.2 Å². The standard InChI is InChI=1S/C18H18N4O5S2/c1-3-10-14(24)21-17(22-15(10)25)28-8-13(23)20-18-19-11-6-5-9(7-12(11)29-18)16(26)27-4-2/h5-7,10H,3-4,8H2,1-2H3,(H,19,20,23)(H,21,22,24,25). The molecule has 0 spiro atoms. The summed E-state index contributed by atoms with van der Waals surface area (Å²) in [6, 6.07) is 4.97. The van der Waals surface area contributed by atoms with Crippen LogP contribution < -0.4 is 10.6 Å². The summed E-state index contributed by atoms with van der Waals surface area (Å²) >= 11 is 2.19.